The maximum atomic E-state index is 12.6. The van der Waals surface area contributed by atoms with Crippen LogP contribution in [0.25, 0.3) is 27.9 Å². The molecule has 0 aliphatic rings. The van der Waals surface area contributed by atoms with E-state index in [1.165, 1.54) is 0 Å². The number of aromatic nitrogens is 3. The molecule has 6 heteroatoms. The van der Waals surface area contributed by atoms with Crippen LogP contribution >= 0.6 is 0 Å². The number of fused-ring (bicyclic) bond motifs is 2. The first-order valence-electron chi connectivity index (χ1n) is 8.95. The largest absolute Gasteiger partial charge is 0.422 e. The van der Waals surface area contributed by atoms with Gasteiger partial charge in [0.25, 0.3) is 0 Å². The van der Waals surface area contributed by atoms with Gasteiger partial charge >= 0.3 is 5.63 Å². The molecule has 27 heavy (non-hydrogen) atoms. The minimum absolute atomic E-state index is 0.377. The fourth-order valence-corrected chi connectivity index (χ4v) is 3.28. The summed E-state index contributed by atoms with van der Waals surface area (Å²) in [6.07, 6.45) is 4.66. The number of likely N-dealkylation sites (N-methyl/N-ethyl adjacent to an activating group) is 1. The summed E-state index contributed by atoms with van der Waals surface area (Å²) in [6.45, 7) is 4.80. The zero-order valence-corrected chi connectivity index (χ0v) is 16.0. The quantitative estimate of drug-likeness (QED) is 0.522. The molecular formula is C21H22N4O2. The topological polar surface area (TPSA) is 63.6 Å². The molecule has 4 rings (SSSR count). The third-order valence-corrected chi connectivity index (χ3v) is 4.65. The van der Waals surface area contributed by atoms with Crippen LogP contribution in [-0.4, -0.2) is 39.9 Å². The Hall–Kier alpha value is -2.99. The number of benzene rings is 1. The van der Waals surface area contributed by atoms with Crippen molar-refractivity contribution in [2.45, 2.75) is 20.3 Å². The van der Waals surface area contributed by atoms with E-state index >= 15 is 0 Å². The molecule has 6 nitrogen and oxygen atoms in total. The van der Waals surface area contributed by atoms with Gasteiger partial charge in [0.2, 0.25) is 0 Å². The summed E-state index contributed by atoms with van der Waals surface area (Å²) in [5, 5.41) is 0.890. The van der Waals surface area contributed by atoms with E-state index in [0.29, 0.717) is 16.8 Å². The highest BCUT2D eigenvalue weighted by Gasteiger charge is 2.13. The first kappa shape index (κ1) is 17.4. The maximum absolute atomic E-state index is 12.6. The van der Waals surface area contributed by atoms with E-state index in [9.17, 15) is 4.79 Å². The Morgan fingerprint density at radius 2 is 1.93 bits per heavy atom. The third kappa shape index (κ3) is 3.36. The molecule has 0 radical (unpaired) electrons. The van der Waals surface area contributed by atoms with Crippen LogP contribution in [0.3, 0.4) is 0 Å². The van der Waals surface area contributed by atoms with E-state index < -0.39 is 0 Å². The monoisotopic (exact) mass is 362 g/mol. The molecule has 0 amide bonds. The summed E-state index contributed by atoms with van der Waals surface area (Å²) in [5.41, 5.74) is 4.92. The van der Waals surface area contributed by atoms with E-state index in [0.717, 1.165) is 41.0 Å². The van der Waals surface area contributed by atoms with Crippen LogP contribution in [0.1, 0.15) is 17.0 Å². The van der Waals surface area contributed by atoms with E-state index in [4.69, 9.17) is 4.42 Å². The van der Waals surface area contributed by atoms with Crippen LogP contribution in [0.4, 0.5) is 0 Å². The van der Waals surface area contributed by atoms with Gasteiger partial charge in [0.15, 0.2) is 5.65 Å². The average Bonchev–Trinajstić information content (AvgIpc) is 3.03. The molecule has 0 atom stereocenters. The molecular weight excluding hydrogens is 340 g/mol. The SMILES string of the molecule is Cc1cn2cc(-c3cc4ccc(CCN(C)C)cc4oc3=O)nc2c(C)n1. The second-order valence-corrected chi connectivity index (χ2v) is 7.20. The Balaban J connectivity index is 1.78. The smallest absolute Gasteiger partial charge is 0.345 e. The summed E-state index contributed by atoms with van der Waals surface area (Å²) < 4.78 is 7.51. The molecule has 3 aromatic heterocycles. The van der Waals surface area contributed by atoms with Crippen molar-refractivity contribution in [1.82, 2.24) is 19.3 Å². The van der Waals surface area contributed by atoms with E-state index in [1.54, 1.807) is 0 Å². The fourth-order valence-electron chi connectivity index (χ4n) is 3.28. The summed E-state index contributed by atoms with van der Waals surface area (Å²) in [4.78, 5) is 23.8. The summed E-state index contributed by atoms with van der Waals surface area (Å²) in [7, 11) is 4.09. The zero-order chi connectivity index (χ0) is 19.1. The summed E-state index contributed by atoms with van der Waals surface area (Å²) in [6, 6.07) is 7.88. The van der Waals surface area contributed by atoms with Gasteiger partial charge in [-0.25, -0.2) is 9.78 Å². The molecule has 3 heterocycles. The molecule has 4 aromatic rings. The Bertz CT molecular complexity index is 1200. The standard InChI is InChI=1S/C21H22N4O2/c1-13-11-25-12-18(23-20(25)14(2)22-13)17-10-16-6-5-15(7-8-24(3)4)9-19(16)27-21(17)26/h5-6,9-12H,7-8H2,1-4H3. The molecule has 0 unspecified atom stereocenters. The number of hydrogen-bond donors (Lipinski definition) is 0. The second-order valence-electron chi connectivity index (χ2n) is 7.20. The Labute approximate surface area is 157 Å². The van der Waals surface area contributed by atoms with Crippen molar-refractivity contribution in [3.8, 4) is 11.3 Å². The van der Waals surface area contributed by atoms with Crippen LogP contribution in [0.15, 0.2) is 45.9 Å². The van der Waals surface area contributed by atoms with Crippen molar-refractivity contribution in [3.63, 3.8) is 0 Å². The molecule has 0 saturated carbocycles. The Kier molecular flexibility index (Phi) is 4.28. The van der Waals surface area contributed by atoms with Gasteiger partial charge in [0.1, 0.15) is 5.58 Å². The van der Waals surface area contributed by atoms with Crippen LogP contribution in [-0.2, 0) is 6.42 Å². The number of rotatable bonds is 4. The fraction of sp³-hybridized carbons (Fsp3) is 0.286. The van der Waals surface area contributed by atoms with Gasteiger partial charge in [0, 0.05) is 24.3 Å². The van der Waals surface area contributed by atoms with E-state index in [2.05, 4.69) is 20.9 Å². The van der Waals surface area contributed by atoms with Crippen LogP contribution in [0, 0.1) is 13.8 Å². The minimum Gasteiger partial charge on any atom is -0.422 e. The lowest BCUT2D eigenvalue weighted by molar-refractivity contribution is 0.413. The van der Waals surface area contributed by atoms with Crippen molar-refractivity contribution >= 4 is 16.6 Å². The highest BCUT2D eigenvalue weighted by atomic mass is 16.4. The van der Waals surface area contributed by atoms with Crippen LogP contribution in [0.5, 0.6) is 0 Å². The molecule has 0 saturated heterocycles. The number of hydrogen-bond acceptors (Lipinski definition) is 5. The van der Waals surface area contributed by atoms with Crippen molar-refractivity contribution < 1.29 is 4.42 Å². The summed E-state index contributed by atoms with van der Waals surface area (Å²) in [5.74, 6) is 0. The van der Waals surface area contributed by atoms with Crippen LogP contribution < -0.4 is 5.63 Å². The summed E-state index contributed by atoms with van der Waals surface area (Å²) >= 11 is 0. The molecule has 138 valence electrons. The Morgan fingerprint density at radius 1 is 1.11 bits per heavy atom. The molecule has 0 N–H and O–H groups in total. The molecule has 0 aliphatic carbocycles. The zero-order valence-electron chi connectivity index (χ0n) is 16.0. The number of imidazole rings is 1. The third-order valence-electron chi connectivity index (χ3n) is 4.65. The predicted octanol–water partition coefficient (Wildman–Crippen LogP) is 3.22. The highest BCUT2D eigenvalue weighted by molar-refractivity contribution is 5.81. The van der Waals surface area contributed by atoms with Crippen molar-refractivity contribution in [3.05, 3.63) is 64.0 Å². The number of aryl methyl sites for hydroxylation is 2. The predicted molar refractivity (Wildman–Crippen MR) is 106 cm³/mol. The van der Waals surface area contributed by atoms with Crippen molar-refractivity contribution in [2.75, 3.05) is 20.6 Å². The maximum Gasteiger partial charge on any atom is 0.345 e. The first-order valence-corrected chi connectivity index (χ1v) is 8.95. The van der Waals surface area contributed by atoms with Crippen LogP contribution in [0.2, 0.25) is 0 Å². The van der Waals surface area contributed by atoms with E-state index in [-0.39, 0.29) is 5.63 Å². The lowest BCUT2D eigenvalue weighted by Crippen LogP contribution is -2.15. The van der Waals surface area contributed by atoms with Crippen molar-refractivity contribution in [1.29, 1.82) is 0 Å². The lowest BCUT2D eigenvalue weighted by atomic mass is 10.1. The molecule has 0 fully saturated rings. The van der Waals surface area contributed by atoms with Crippen molar-refractivity contribution in [2.24, 2.45) is 0 Å². The molecule has 0 aliphatic heterocycles. The number of nitrogens with zero attached hydrogens (tertiary/aromatic N) is 4. The van der Waals surface area contributed by atoms with Gasteiger partial charge in [0.05, 0.1) is 22.6 Å². The molecule has 0 spiro atoms. The van der Waals surface area contributed by atoms with Gasteiger partial charge in [-0.1, -0.05) is 12.1 Å². The van der Waals surface area contributed by atoms with Gasteiger partial charge in [-0.2, -0.15) is 0 Å². The van der Waals surface area contributed by atoms with Gasteiger partial charge in [-0.15, -0.1) is 0 Å². The first-order chi connectivity index (χ1) is 12.9. The second kappa shape index (κ2) is 6.63. The van der Waals surface area contributed by atoms with Gasteiger partial charge in [-0.3, -0.25) is 4.98 Å². The minimum atomic E-state index is -0.377. The lowest BCUT2D eigenvalue weighted by Gasteiger charge is -2.09. The van der Waals surface area contributed by atoms with Gasteiger partial charge in [-0.05, 0) is 52.1 Å². The highest BCUT2D eigenvalue weighted by Crippen LogP contribution is 2.23. The Morgan fingerprint density at radius 3 is 2.70 bits per heavy atom. The van der Waals surface area contributed by atoms with Gasteiger partial charge < -0.3 is 13.7 Å². The molecule has 0 bridgehead atoms. The molecule has 1 aromatic carbocycles. The van der Waals surface area contributed by atoms with E-state index in [1.807, 2.05) is 62.9 Å². The average molecular weight is 362 g/mol. The normalized spacial score (nSPS) is 11.7.